The minimum absolute atomic E-state index is 0.0345. The molecule has 0 saturated carbocycles. The zero-order valence-electron chi connectivity index (χ0n) is 21.2. The molecule has 1 aliphatic heterocycles. The second-order valence-electron chi connectivity index (χ2n) is 9.56. The van der Waals surface area contributed by atoms with Crippen LogP contribution < -0.4 is 5.32 Å². The molecule has 1 aliphatic rings. The average molecular weight is 506 g/mol. The first kappa shape index (κ1) is 25.2. The smallest absolute Gasteiger partial charge is 0.253 e. The van der Waals surface area contributed by atoms with Gasteiger partial charge in [-0.15, -0.1) is 0 Å². The monoisotopic (exact) mass is 505 g/mol. The van der Waals surface area contributed by atoms with E-state index in [0.29, 0.717) is 30.8 Å². The van der Waals surface area contributed by atoms with Gasteiger partial charge in [0.1, 0.15) is 5.75 Å². The topological polar surface area (TPSA) is 72.9 Å². The highest BCUT2D eigenvalue weighted by Gasteiger charge is 2.22. The highest BCUT2D eigenvalue weighted by Crippen LogP contribution is 2.20. The Labute approximate surface area is 223 Å². The van der Waals surface area contributed by atoms with E-state index in [1.165, 1.54) is 28.8 Å². The van der Waals surface area contributed by atoms with Crippen molar-refractivity contribution in [3.8, 4) is 16.9 Å². The highest BCUT2D eigenvalue weighted by molar-refractivity contribution is 5.95. The molecule has 0 aliphatic carbocycles. The first-order valence-electron chi connectivity index (χ1n) is 12.9. The van der Waals surface area contributed by atoms with Crippen LogP contribution in [0.25, 0.3) is 11.1 Å². The van der Waals surface area contributed by atoms with Gasteiger partial charge < -0.3 is 15.3 Å². The number of carbonyl (C=O) groups excluding carboxylic acids is 2. The fraction of sp³-hybridized carbons (Fsp3) is 0.188. The fourth-order valence-corrected chi connectivity index (χ4v) is 4.68. The summed E-state index contributed by atoms with van der Waals surface area (Å²) in [5, 5.41) is 12.4. The molecule has 6 heteroatoms. The molecule has 1 fully saturated rings. The van der Waals surface area contributed by atoms with Crippen molar-refractivity contribution in [1.29, 1.82) is 0 Å². The lowest BCUT2D eigenvalue weighted by Gasteiger charge is -2.34. The van der Waals surface area contributed by atoms with Gasteiger partial charge in [-0.05, 0) is 52.6 Å². The third-order valence-corrected chi connectivity index (χ3v) is 6.89. The summed E-state index contributed by atoms with van der Waals surface area (Å²) in [4.78, 5) is 29.6. The van der Waals surface area contributed by atoms with Gasteiger partial charge in [0.2, 0.25) is 0 Å². The van der Waals surface area contributed by atoms with Crippen LogP contribution in [0, 0.1) is 0 Å². The Hall–Kier alpha value is -4.42. The van der Waals surface area contributed by atoms with Crippen LogP contribution in [-0.4, -0.2) is 52.9 Å². The quantitative estimate of drug-likeness (QED) is 0.373. The van der Waals surface area contributed by atoms with E-state index in [9.17, 15) is 14.7 Å². The third kappa shape index (κ3) is 6.28. The van der Waals surface area contributed by atoms with Crippen LogP contribution in [-0.2, 0) is 13.1 Å². The molecule has 0 bridgehead atoms. The summed E-state index contributed by atoms with van der Waals surface area (Å²) in [7, 11) is 0. The molecule has 5 rings (SSSR count). The van der Waals surface area contributed by atoms with E-state index in [0.717, 1.165) is 25.2 Å². The van der Waals surface area contributed by atoms with Gasteiger partial charge in [0.25, 0.3) is 11.8 Å². The van der Waals surface area contributed by atoms with Gasteiger partial charge in [0.05, 0.1) is 0 Å². The molecule has 0 spiro atoms. The third-order valence-electron chi connectivity index (χ3n) is 6.89. The van der Waals surface area contributed by atoms with Crippen molar-refractivity contribution in [2.45, 2.75) is 13.1 Å². The molecule has 0 atom stereocenters. The zero-order chi connectivity index (χ0) is 26.3. The maximum absolute atomic E-state index is 13.0. The van der Waals surface area contributed by atoms with E-state index in [2.05, 4.69) is 58.7 Å². The molecule has 1 saturated heterocycles. The van der Waals surface area contributed by atoms with Gasteiger partial charge in [-0.3, -0.25) is 14.5 Å². The summed E-state index contributed by atoms with van der Waals surface area (Å²) >= 11 is 0. The van der Waals surface area contributed by atoms with Crippen molar-refractivity contribution < 1.29 is 14.7 Å². The first-order valence-corrected chi connectivity index (χ1v) is 12.9. The first-order chi connectivity index (χ1) is 18.5. The Morgan fingerprint density at radius 2 is 1.34 bits per heavy atom. The molecule has 38 heavy (non-hydrogen) atoms. The van der Waals surface area contributed by atoms with E-state index < -0.39 is 0 Å². The number of nitrogens with one attached hydrogen (secondary N) is 1. The van der Waals surface area contributed by atoms with E-state index in [4.69, 9.17) is 0 Å². The lowest BCUT2D eigenvalue weighted by Crippen LogP contribution is -2.48. The molecule has 2 amide bonds. The van der Waals surface area contributed by atoms with Crippen molar-refractivity contribution in [3.05, 3.63) is 125 Å². The van der Waals surface area contributed by atoms with Crippen LogP contribution >= 0.6 is 0 Å². The highest BCUT2D eigenvalue weighted by atomic mass is 16.3. The molecule has 0 radical (unpaired) electrons. The molecule has 0 unspecified atom stereocenters. The van der Waals surface area contributed by atoms with Crippen molar-refractivity contribution in [1.82, 2.24) is 15.1 Å². The Morgan fingerprint density at radius 3 is 2.03 bits per heavy atom. The van der Waals surface area contributed by atoms with E-state index in [1.54, 1.807) is 12.1 Å². The molecule has 4 aromatic carbocycles. The number of carbonyl (C=O) groups is 2. The lowest BCUT2D eigenvalue weighted by molar-refractivity contribution is 0.0628. The predicted octanol–water partition coefficient (Wildman–Crippen LogP) is 4.95. The van der Waals surface area contributed by atoms with Gasteiger partial charge in [-0.2, -0.15) is 0 Å². The fourth-order valence-electron chi connectivity index (χ4n) is 4.68. The molecule has 1 heterocycles. The number of rotatable bonds is 7. The largest absolute Gasteiger partial charge is 0.508 e. The lowest BCUT2D eigenvalue weighted by atomic mass is 10.0. The van der Waals surface area contributed by atoms with Crippen molar-refractivity contribution >= 4 is 11.8 Å². The maximum atomic E-state index is 13.0. The Balaban J connectivity index is 1.09. The average Bonchev–Trinajstić information content (AvgIpc) is 2.97. The summed E-state index contributed by atoms with van der Waals surface area (Å²) in [5.74, 6) is -0.169. The minimum atomic E-state index is -0.258. The van der Waals surface area contributed by atoms with Gasteiger partial charge in [0.15, 0.2) is 0 Å². The standard InChI is InChI=1S/C32H31N3O3/c36-30-8-4-7-29(21-30)31(37)33-22-24-9-15-28(16-10-24)32(38)35-19-17-34(18-20-35)23-25-11-13-27(14-12-25)26-5-2-1-3-6-26/h1-16,21,36H,17-20,22-23H2,(H,33,37). The summed E-state index contributed by atoms with van der Waals surface area (Å²) in [6.07, 6.45) is 0. The van der Waals surface area contributed by atoms with Gasteiger partial charge >= 0.3 is 0 Å². The van der Waals surface area contributed by atoms with Gasteiger partial charge in [-0.1, -0.05) is 72.8 Å². The van der Waals surface area contributed by atoms with Crippen LogP contribution in [0.3, 0.4) is 0 Å². The van der Waals surface area contributed by atoms with E-state index in [1.807, 2.05) is 35.2 Å². The molecule has 192 valence electrons. The Morgan fingerprint density at radius 1 is 0.684 bits per heavy atom. The number of phenolic OH excluding ortho intramolecular Hbond substituents is 1. The van der Waals surface area contributed by atoms with Crippen molar-refractivity contribution in [3.63, 3.8) is 0 Å². The van der Waals surface area contributed by atoms with Crippen LogP contribution in [0.1, 0.15) is 31.8 Å². The normalized spacial score (nSPS) is 13.7. The second kappa shape index (κ2) is 11.8. The van der Waals surface area contributed by atoms with Crippen LogP contribution in [0.2, 0.25) is 0 Å². The van der Waals surface area contributed by atoms with Crippen molar-refractivity contribution in [2.24, 2.45) is 0 Å². The number of phenols is 1. The van der Waals surface area contributed by atoms with E-state index >= 15 is 0 Å². The Kier molecular flexibility index (Phi) is 7.81. The molecular weight excluding hydrogens is 474 g/mol. The number of amides is 2. The minimum Gasteiger partial charge on any atom is -0.508 e. The summed E-state index contributed by atoms with van der Waals surface area (Å²) in [6.45, 7) is 4.29. The van der Waals surface area contributed by atoms with Crippen LogP contribution in [0.4, 0.5) is 0 Å². The molecule has 6 nitrogen and oxygen atoms in total. The number of hydrogen-bond acceptors (Lipinski definition) is 4. The Bertz CT molecular complexity index is 1380. The number of piperazine rings is 1. The number of nitrogens with zero attached hydrogens (tertiary/aromatic N) is 2. The van der Waals surface area contributed by atoms with Gasteiger partial charge in [-0.25, -0.2) is 0 Å². The van der Waals surface area contributed by atoms with E-state index in [-0.39, 0.29) is 17.6 Å². The SMILES string of the molecule is O=C(NCc1ccc(C(=O)N2CCN(Cc3ccc(-c4ccccc4)cc3)CC2)cc1)c1cccc(O)c1. The zero-order valence-corrected chi connectivity index (χ0v) is 21.2. The van der Waals surface area contributed by atoms with Crippen molar-refractivity contribution in [2.75, 3.05) is 26.2 Å². The second-order valence-corrected chi connectivity index (χ2v) is 9.56. The predicted molar refractivity (Wildman–Crippen MR) is 149 cm³/mol. The van der Waals surface area contributed by atoms with Crippen LogP contribution in [0.15, 0.2) is 103 Å². The molecule has 4 aromatic rings. The van der Waals surface area contributed by atoms with Crippen LogP contribution in [0.5, 0.6) is 5.75 Å². The molecular formula is C32H31N3O3. The molecule has 2 N–H and O–H groups in total. The van der Waals surface area contributed by atoms with Gasteiger partial charge in [0, 0.05) is 50.4 Å². The summed E-state index contributed by atoms with van der Waals surface area (Å²) in [5.41, 5.74) is 5.67. The summed E-state index contributed by atoms with van der Waals surface area (Å²) < 4.78 is 0. The number of aromatic hydroxyl groups is 1. The number of benzene rings is 4. The maximum Gasteiger partial charge on any atom is 0.253 e. The number of hydrogen-bond donors (Lipinski definition) is 2. The summed E-state index contributed by atoms with van der Waals surface area (Å²) in [6, 6.07) is 32.7. The molecule has 0 aromatic heterocycles.